The van der Waals surface area contributed by atoms with Crippen molar-refractivity contribution in [3.8, 4) is 0 Å². The molecule has 1 N–H and O–H groups in total. The third kappa shape index (κ3) is 4.87. The molecule has 0 aliphatic carbocycles. The summed E-state index contributed by atoms with van der Waals surface area (Å²) in [6, 6.07) is 4.58. The number of likely N-dealkylation sites (tertiary alicyclic amines) is 1. The third-order valence-electron chi connectivity index (χ3n) is 4.27. The average Bonchev–Trinajstić information content (AvgIpc) is 2.85. The molecule has 2 heterocycles. The summed E-state index contributed by atoms with van der Waals surface area (Å²) in [7, 11) is 2.23. The molecule has 1 aromatic heterocycles. The summed E-state index contributed by atoms with van der Waals surface area (Å²) in [5.41, 5.74) is 0.289. The van der Waals surface area contributed by atoms with Crippen LogP contribution >= 0.6 is 11.3 Å². The Bertz CT molecular complexity index is 397. The van der Waals surface area contributed by atoms with Crippen LogP contribution in [0.25, 0.3) is 0 Å². The maximum atomic E-state index is 3.62. The lowest BCUT2D eigenvalue weighted by Gasteiger charge is -2.28. The smallest absolute Gasteiger partial charge is 0.0299 e. The number of piperidine rings is 1. The normalized spacial score (nSPS) is 18.6. The molecule has 1 aliphatic heterocycles. The highest BCUT2D eigenvalue weighted by molar-refractivity contribution is 7.12. The number of hydrogen-bond acceptors (Lipinski definition) is 3. The van der Waals surface area contributed by atoms with Crippen LogP contribution in [0.4, 0.5) is 0 Å². The van der Waals surface area contributed by atoms with E-state index in [1.54, 1.807) is 0 Å². The minimum absolute atomic E-state index is 0.289. The van der Waals surface area contributed by atoms with Crippen LogP contribution in [0.1, 0.15) is 49.8 Å². The van der Waals surface area contributed by atoms with Gasteiger partial charge in [-0.15, -0.1) is 11.3 Å². The summed E-state index contributed by atoms with van der Waals surface area (Å²) in [6.07, 6.45) is 4.10. The van der Waals surface area contributed by atoms with Crippen LogP contribution in [0.3, 0.4) is 0 Å². The highest BCUT2D eigenvalue weighted by Gasteiger charge is 2.17. The van der Waals surface area contributed by atoms with E-state index in [9.17, 15) is 0 Å². The molecule has 3 heteroatoms. The summed E-state index contributed by atoms with van der Waals surface area (Å²) in [5.74, 6) is 0.937. The summed E-state index contributed by atoms with van der Waals surface area (Å²) >= 11 is 1.96. The van der Waals surface area contributed by atoms with Crippen LogP contribution in [-0.4, -0.2) is 31.6 Å². The molecule has 0 atom stereocenters. The van der Waals surface area contributed by atoms with Crippen LogP contribution in [0.15, 0.2) is 12.1 Å². The second-order valence-corrected chi connectivity index (χ2v) is 8.40. The molecule has 2 nitrogen and oxygen atoms in total. The summed E-state index contributed by atoms with van der Waals surface area (Å²) in [6.45, 7) is 11.6. The van der Waals surface area contributed by atoms with E-state index in [2.05, 4.69) is 50.2 Å². The predicted octanol–water partition coefficient (Wildman–Crippen LogP) is 3.87. The minimum atomic E-state index is 0.289. The van der Waals surface area contributed by atoms with E-state index < -0.39 is 0 Å². The topological polar surface area (TPSA) is 15.3 Å². The quantitative estimate of drug-likeness (QED) is 0.829. The Labute approximate surface area is 128 Å². The number of nitrogens with one attached hydrogen (secondary N) is 1. The maximum absolute atomic E-state index is 3.62. The van der Waals surface area contributed by atoms with Crippen molar-refractivity contribution in [2.24, 2.45) is 5.92 Å². The van der Waals surface area contributed by atoms with Gasteiger partial charge >= 0.3 is 0 Å². The van der Waals surface area contributed by atoms with Crippen molar-refractivity contribution in [3.63, 3.8) is 0 Å². The first-order chi connectivity index (χ1) is 9.45. The van der Waals surface area contributed by atoms with Crippen LogP contribution in [0.5, 0.6) is 0 Å². The van der Waals surface area contributed by atoms with Gasteiger partial charge in [0.15, 0.2) is 0 Å². The second-order valence-electron chi connectivity index (χ2n) is 7.23. The van der Waals surface area contributed by atoms with Crippen LogP contribution in [0, 0.1) is 5.92 Å². The maximum Gasteiger partial charge on any atom is 0.0299 e. The van der Waals surface area contributed by atoms with Crippen LogP contribution in [0.2, 0.25) is 0 Å². The second kappa shape index (κ2) is 7.06. The van der Waals surface area contributed by atoms with Crippen molar-refractivity contribution in [1.82, 2.24) is 10.2 Å². The fourth-order valence-corrected chi connectivity index (χ4v) is 3.78. The van der Waals surface area contributed by atoms with Crippen molar-refractivity contribution in [1.29, 1.82) is 0 Å². The molecular weight excluding hydrogens is 264 g/mol. The van der Waals surface area contributed by atoms with Gasteiger partial charge in [0.05, 0.1) is 0 Å². The van der Waals surface area contributed by atoms with Gasteiger partial charge in [-0.25, -0.2) is 0 Å². The van der Waals surface area contributed by atoms with Crippen molar-refractivity contribution < 1.29 is 0 Å². The zero-order chi connectivity index (χ0) is 14.6. The van der Waals surface area contributed by atoms with E-state index in [1.807, 2.05) is 11.3 Å². The Kier molecular flexibility index (Phi) is 5.65. The highest BCUT2D eigenvalue weighted by atomic mass is 32.1. The van der Waals surface area contributed by atoms with Gasteiger partial charge in [-0.3, -0.25) is 0 Å². The minimum Gasteiger partial charge on any atom is -0.312 e. The number of thiophene rings is 1. The third-order valence-corrected chi connectivity index (χ3v) is 5.78. The molecule has 0 spiro atoms. The van der Waals surface area contributed by atoms with Gasteiger partial charge in [0.2, 0.25) is 0 Å². The molecule has 1 fully saturated rings. The number of nitrogens with zero attached hydrogens (tertiary/aromatic N) is 1. The van der Waals surface area contributed by atoms with E-state index in [4.69, 9.17) is 0 Å². The fourth-order valence-electron chi connectivity index (χ4n) is 2.74. The molecule has 0 saturated carbocycles. The molecule has 1 saturated heterocycles. The van der Waals surface area contributed by atoms with Gasteiger partial charge in [-0.2, -0.15) is 0 Å². The SMILES string of the molecule is CN1CCC(CCNCc2ccc(C(C)(C)C)s2)CC1. The zero-order valence-corrected chi connectivity index (χ0v) is 14.4. The molecule has 2 rings (SSSR count). The molecular formula is C17H30N2S. The summed E-state index contributed by atoms with van der Waals surface area (Å²) < 4.78 is 0. The van der Waals surface area contributed by atoms with Gasteiger partial charge in [-0.1, -0.05) is 20.8 Å². The molecule has 0 aromatic carbocycles. The standard InChI is InChI=1S/C17H30N2S/c1-17(2,3)16-6-5-15(20-16)13-18-10-7-14-8-11-19(4)12-9-14/h5-6,14,18H,7-13H2,1-4H3. The van der Waals surface area contributed by atoms with E-state index >= 15 is 0 Å². The van der Waals surface area contributed by atoms with Crippen molar-refractivity contribution in [2.45, 2.75) is 52.0 Å². The van der Waals surface area contributed by atoms with E-state index in [0.29, 0.717) is 0 Å². The summed E-state index contributed by atoms with van der Waals surface area (Å²) in [4.78, 5) is 5.41. The molecule has 1 aromatic rings. The Hall–Kier alpha value is -0.380. The first-order valence-electron chi connectivity index (χ1n) is 7.93. The predicted molar refractivity (Wildman–Crippen MR) is 89.6 cm³/mol. The molecule has 114 valence electrons. The van der Waals surface area contributed by atoms with E-state index in [-0.39, 0.29) is 5.41 Å². The van der Waals surface area contributed by atoms with Gasteiger partial charge in [0.1, 0.15) is 0 Å². The fraction of sp³-hybridized carbons (Fsp3) is 0.765. The number of hydrogen-bond donors (Lipinski definition) is 1. The largest absolute Gasteiger partial charge is 0.312 e. The lowest BCUT2D eigenvalue weighted by molar-refractivity contribution is 0.211. The monoisotopic (exact) mass is 294 g/mol. The first-order valence-corrected chi connectivity index (χ1v) is 8.75. The average molecular weight is 295 g/mol. The number of rotatable bonds is 5. The zero-order valence-electron chi connectivity index (χ0n) is 13.5. The van der Waals surface area contributed by atoms with Gasteiger partial charge < -0.3 is 10.2 Å². The highest BCUT2D eigenvalue weighted by Crippen LogP contribution is 2.29. The van der Waals surface area contributed by atoms with Crippen molar-refractivity contribution >= 4 is 11.3 Å². The lowest BCUT2D eigenvalue weighted by atomic mass is 9.94. The molecule has 0 unspecified atom stereocenters. The van der Waals surface area contributed by atoms with Crippen molar-refractivity contribution in [3.05, 3.63) is 21.9 Å². The molecule has 0 amide bonds. The Morgan fingerprint density at radius 1 is 1.25 bits per heavy atom. The van der Waals surface area contributed by atoms with Crippen LogP contribution in [-0.2, 0) is 12.0 Å². The Balaban J connectivity index is 1.65. The van der Waals surface area contributed by atoms with Crippen molar-refractivity contribution in [2.75, 3.05) is 26.7 Å². The van der Waals surface area contributed by atoms with E-state index in [0.717, 1.165) is 19.0 Å². The Morgan fingerprint density at radius 2 is 1.95 bits per heavy atom. The van der Waals surface area contributed by atoms with Crippen LogP contribution < -0.4 is 5.32 Å². The lowest BCUT2D eigenvalue weighted by Crippen LogP contribution is -2.31. The molecule has 0 radical (unpaired) electrons. The molecule has 0 bridgehead atoms. The van der Waals surface area contributed by atoms with E-state index in [1.165, 1.54) is 42.1 Å². The first kappa shape index (κ1) is 16.0. The van der Waals surface area contributed by atoms with Gasteiger partial charge in [-0.05, 0) is 69.4 Å². The summed E-state index contributed by atoms with van der Waals surface area (Å²) in [5, 5.41) is 3.62. The van der Waals surface area contributed by atoms with Gasteiger partial charge in [0.25, 0.3) is 0 Å². The molecule has 1 aliphatic rings. The molecule has 20 heavy (non-hydrogen) atoms. The Morgan fingerprint density at radius 3 is 2.55 bits per heavy atom. The van der Waals surface area contributed by atoms with Gasteiger partial charge in [0, 0.05) is 16.3 Å².